The van der Waals surface area contributed by atoms with Gasteiger partial charge in [-0.1, -0.05) is 6.92 Å². The molecule has 0 radical (unpaired) electrons. The summed E-state index contributed by atoms with van der Waals surface area (Å²) >= 11 is 0. The average Bonchev–Trinajstić information content (AvgIpc) is 2.84. The van der Waals surface area contributed by atoms with E-state index in [1.54, 1.807) is 17.6 Å². The minimum atomic E-state index is -3.67. The Kier molecular flexibility index (Phi) is 3.61. The van der Waals surface area contributed by atoms with Gasteiger partial charge < -0.3 is 4.57 Å². The number of hydrogen-bond acceptors (Lipinski definition) is 5. The van der Waals surface area contributed by atoms with Gasteiger partial charge in [0.1, 0.15) is 0 Å². The lowest BCUT2D eigenvalue weighted by atomic mass is 10.2. The number of nitro groups is 1. The first-order valence-corrected chi connectivity index (χ1v) is 8.54. The number of aromatic nitrogens is 2. The molecule has 0 N–H and O–H groups in total. The molecule has 9 heteroatoms. The second kappa shape index (κ2) is 5.33. The first kappa shape index (κ1) is 14.9. The van der Waals surface area contributed by atoms with Crippen LogP contribution in [0.3, 0.4) is 0 Å². The zero-order valence-corrected chi connectivity index (χ0v) is 12.9. The van der Waals surface area contributed by atoms with Crippen LogP contribution in [0, 0.1) is 10.1 Å². The monoisotopic (exact) mass is 324 g/mol. The Morgan fingerprint density at radius 3 is 2.73 bits per heavy atom. The molecule has 0 fully saturated rings. The van der Waals surface area contributed by atoms with E-state index < -0.39 is 14.9 Å². The smallest absolute Gasteiger partial charge is 0.277 e. The maximum absolute atomic E-state index is 12.7. The fourth-order valence-electron chi connectivity index (χ4n) is 2.74. The van der Waals surface area contributed by atoms with Gasteiger partial charge in [0, 0.05) is 31.8 Å². The van der Waals surface area contributed by atoms with Crippen molar-refractivity contribution in [2.24, 2.45) is 0 Å². The van der Waals surface area contributed by atoms with Crippen molar-refractivity contribution in [3.8, 4) is 0 Å². The van der Waals surface area contributed by atoms with Crippen molar-refractivity contribution >= 4 is 26.7 Å². The zero-order chi connectivity index (χ0) is 15.9. The summed E-state index contributed by atoms with van der Waals surface area (Å²) < 4.78 is 28.5. The number of aryl methyl sites for hydroxylation is 1. The maximum Gasteiger partial charge on any atom is 0.277 e. The molecule has 0 atom stereocenters. The van der Waals surface area contributed by atoms with Crippen molar-refractivity contribution < 1.29 is 13.3 Å². The molecule has 0 bridgehead atoms. The van der Waals surface area contributed by atoms with Gasteiger partial charge in [-0.2, -0.15) is 4.31 Å². The Balaban J connectivity index is 2.25. The maximum atomic E-state index is 12.7. The summed E-state index contributed by atoms with van der Waals surface area (Å²) in [7, 11) is -3.67. The fraction of sp³-hybridized carbons (Fsp3) is 0.462. The Bertz CT molecular complexity index is 843. The molecule has 1 aliphatic heterocycles. The Labute approximate surface area is 127 Å². The van der Waals surface area contributed by atoms with Gasteiger partial charge in [0.15, 0.2) is 0 Å². The van der Waals surface area contributed by atoms with E-state index in [-0.39, 0.29) is 10.8 Å². The summed E-state index contributed by atoms with van der Waals surface area (Å²) in [5.74, 6) is 0. The Morgan fingerprint density at radius 2 is 2.05 bits per heavy atom. The molecular weight excluding hydrogens is 308 g/mol. The lowest BCUT2D eigenvalue weighted by molar-refractivity contribution is -0.384. The molecule has 2 aromatic rings. The number of non-ortho nitro benzene ring substituents is 1. The van der Waals surface area contributed by atoms with Crippen LogP contribution < -0.4 is 0 Å². The number of imidazole rings is 1. The van der Waals surface area contributed by atoms with Crippen molar-refractivity contribution in [2.75, 3.05) is 13.1 Å². The predicted molar refractivity (Wildman–Crippen MR) is 80.1 cm³/mol. The SMILES string of the molecule is CCN1CCCCn2c(nc3cc([N+](=O)[O-])ccc32)S1(=O)=O. The summed E-state index contributed by atoms with van der Waals surface area (Å²) in [6.45, 7) is 3.19. The Hall–Kier alpha value is -2.00. The van der Waals surface area contributed by atoms with E-state index in [0.717, 1.165) is 12.8 Å². The van der Waals surface area contributed by atoms with Crippen LogP contribution in [0.25, 0.3) is 11.0 Å². The third-order valence-electron chi connectivity index (χ3n) is 3.87. The highest BCUT2D eigenvalue weighted by molar-refractivity contribution is 7.89. The molecule has 0 spiro atoms. The molecule has 3 rings (SSSR count). The topological polar surface area (TPSA) is 98.3 Å². The third kappa shape index (κ3) is 2.26. The van der Waals surface area contributed by atoms with Crippen molar-refractivity contribution in [2.45, 2.75) is 31.5 Å². The van der Waals surface area contributed by atoms with E-state index in [2.05, 4.69) is 4.98 Å². The molecule has 118 valence electrons. The Morgan fingerprint density at radius 1 is 1.32 bits per heavy atom. The van der Waals surface area contributed by atoms with Gasteiger partial charge in [-0.25, -0.2) is 13.4 Å². The minimum absolute atomic E-state index is 0.0236. The van der Waals surface area contributed by atoms with Gasteiger partial charge in [-0.05, 0) is 18.9 Å². The summed E-state index contributed by atoms with van der Waals surface area (Å²) in [5, 5.41) is 10.8. The van der Waals surface area contributed by atoms with Crippen LogP contribution in [0.4, 0.5) is 5.69 Å². The molecule has 0 saturated heterocycles. The van der Waals surface area contributed by atoms with E-state index >= 15 is 0 Å². The molecule has 1 aromatic carbocycles. The fourth-order valence-corrected chi connectivity index (χ4v) is 4.37. The molecule has 0 amide bonds. The van der Waals surface area contributed by atoms with Gasteiger partial charge >= 0.3 is 0 Å². The van der Waals surface area contributed by atoms with Crippen LogP contribution in [0.1, 0.15) is 19.8 Å². The highest BCUT2D eigenvalue weighted by atomic mass is 32.2. The van der Waals surface area contributed by atoms with Gasteiger partial charge in [0.2, 0.25) is 5.16 Å². The van der Waals surface area contributed by atoms with E-state index in [1.807, 2.05) is 0 Å². The van der Waals surface area contributed by atoms with Crippen LogP contribution in [0.2, 0.25) is 0 Å². The quantitative estimate of drug-likeness (QED) is 0.619. The molecule has 2 heterocycles. The largest absolute Gasteiger partial charge is 0.314 e. The van der Waals surface area contributed by atoms with Crippen LogP contribution in [-0.4, -0.2) is 40.3 Å². The second-order valence-electron chi connectivity index (χ2n) is 5.18. The number of hydrogen-bond donors (Lipinski definition) is 0. The third-order valence-corrected chi connectivity index (χ3v) is 5.76. The number of benzene rings is 1. The second-order valence-corrected chi connectivity index (χ2v) is 7.01. The van der Waals surface area contributed by atoms with Crippen LogP contribution in [0.15, 0.2) is 23.4 Å². The predicted octanol–water partition coefficient (Wildman–Crippen LogP) is 1.75. The number of rotatable bonds is 2. The van der Waals surface area contributed by atoms with Crippen molar-refractivity contribution in [1.82, 2.24) is 13.9 Å². The van der Waals surface area contributed by atoms with Gasteiger partial charge in [0.25, 0.3) is 15.7 Å². The van der Waals surface area contributed by atoms with Crippen LogP contribution >= 0.6 is 0 Å². The van der Waals surface area contributed by atoms with Crippen molar-refractivity contribution in [1.29, 1.82) is 0 Å². The number of sulfonamides is 1. The van der Waals surface area contributed by atoms with Gasteiger partial charge in [-0.15, -0.1) is 0 Å². The van der Waals surface area contributed by atoms with Gasteiger partial charge in [-0.3, -0.25) is 10.1 Å². The molecular formula is C13H16N4O4S. The van der Waals surface area contributed by atoms with Crippen molar-refractivity contribution in [3.63, 3.8) is 0 Å². The zero-order valence-electron chi connectivity index (χ0n) is 12.1. The number of nitro benzene ring substituents is 1. The van der Waals surface area contributed by atoms with Crippen molar-refractivity contribution in [3.05, 3.63) is 28.3 Å². The van der Waals surface area contributed by atoms with Gasteiger partial charge in [0.05, 0.1) is 16.0 Å². The molecule has 0 unspecified atom stereocenters. The summed E-state index contributed by atoms with van der Waals surface area (Å²) in [5.41, 5.74) is 0.858. The highest BCUT2D eigenvalue weighted by Crippen LogP contribution is 2.27. The summed E-state index contributed by atoms with van der Waals surface area (Å²) in [6, 6.07) is 4.26. The van der Waals surface area contributed by atoms with E-state index in [4.69, 9.17) is 0 Å². The highest BCUT2D eigenvalue weighted by Gasteiger charge is 2.31. The standard InChI is InChI=1S/C13H16N4O4S/c1-2-15-7-3-4-8-16-12-6-5-10(17(18)19)9-11(12)14-13(16)22(15,20)21/h5-6,9H,2-4,7-8H2,1H3. The van der Waals surface area contributed by atoms with E-state index in [1.165, 1.54) is 16.4 Å². The number of fused-ring (bicyclic) bond motifs is 3. The molecule has 8 nitrogen and oxygen atoms in total. The van der Waals surface area contributed by atoms with Crippen LogP contribution in [0.5, 0.6) is 0 Å². The molecule has 0 saturated carbocycles. The molecule has 1 aliphatic rings. The molecule has 0 aliphatic carbocycles. The summed E-state index contributed by atoms with van der Waals surface area (Å²) in [4.78, 5) is 14.5. The molecule has 1 aromatic heterocycles. The number of nitrogens with zero attached hydrogens (tertiary/aromatic N) is 4. The lowest BCUT2D eigenvalue weighted by Crippen LogP contribution is -2.35. The lowest BCUT2D eigenvalue weighted by Gasteiger charge is -2.23. The average molecular weight is 324 g/mol. The van der Waals surface area contributed by atoms with E-state index in [0.29, 0.717) is 30.7 Å². The molecule has 22 heavy (non-hydrogen) atoms. The normalized spacial score (nSPS) is 18.6. The first-order valence-electron chi connectivity index (χ1n) is 7.10. The summed E-state index contributed by atoms with van der Waals surface area (Å²) in [6.07, 6.45) is 1.61. The van der Waals surface area contributed by atoms with Crippen LogP contribution in [-0.2, 0) is 16.6 Å². The first-order chi connectivity index (χ1) is 10.4. The minimum Gasteiger partial charge on any atom is -0.314 e. The van der Waals surface area contributed by atoms with E-state index in [9.17, 15) is 18.5 Å².